The van der Waals surface area contributed by atoms with Gasteiger partial charge in [-0.3, -0.25) is 19.5 Å². The summed E-state index contributed by atoms with van der Waals surface area (Å²) >= 11 is 3.48. The highest BCUT2D eigenvalue weighted by molar-refractivity contribution is 9.10. The predicted octanol–water partition coefficient (Wildman–Crippen LogP) is 3.32. The van der Waals surface area contributed by atoms with Crippen LogP contribution in [0.5, 0.6) is 0 Å². The van der Waals surface area contributed by atoms with E-state index < -0.39 is 0 Å². The van der Waals surface area contributed by atoms with Crippen molar-refractivity contribution in [3.63, 3.8) is 0 Å². The van der Waals surface area contributed by atoms with Crippen LogP contribution in [-0.4, -0.2) is 50.8 Å². The molecule has 0 aliphatic carbocycles. The Morgan fingerprint density at radius 2 is 2.04 bits per heavy atom. The van der Waals surface area contributed by atoms with Gasteiger partial charge < -0.3 is 4.90 Å². The van der Waals surface area contributed by atoms with Crippen molar-refractivity contribution in [2.75, 3.05) is 31.1 Å². The number of anilines is 1. The molecule has 0 amide bonds. The second kappa shape index (κ2) is 7.72. The molecule has 26 heavy (non-hydrogen) atoms. The molecule has 0 N–H and O–H groups in total. The van der Waals surface area contributed by atoms with Gasteiger partial charge >= 0.3 is 0 Å². The lowest BCUT2D eigenvalue weighted by molar-refractivity contribution is 0.285. The average Bonchev–Trinajstić information content (AvgIpc) is 2.98. The molecule has 4 rings (SSSR count). The Labute approximate surface area is 162 Å². The van der Waals surface area contributed by atoms with Gasteiger partial charge in [0.1, 0.15) is 5.52 Å². The van der Waals surface area contributed by atoms with Crippen molar-refractivity contribution >= 4 is 32.7 Å². The van der Waals surface area contributed by atoms with Crippen LogP contribution in [0, 0.1) is 0 Å². The van der Waals surface area contributed by atoms with E-state index in [1.54, 1.807) is 0 Å². The molecule has 7 heteroatoms. The van der Waals surface area contributed by atoms with Crippen LogP contribution in [0.1, 0.15) is 18.9 Å². The minimum absolute atomic E-state index is 0.923. The van der Waals surface area contributed by atoms with Gasteiger partial charge in [0.2, 0.25) is 0 Å². The first-order valence-electron chi connectivity index (χ1n) is 9.12. The molecule has 3 aromatic heterocycles. The fraction of sp³-hybridized carbons (Fsp3) is 0.421. The number of hydrogen-bond donors (Lipinski definition) is 0. The number of aromatic nitrogens is 4. The third-order valence-corrected chi connectivity index (χ3v) is 5.30. The fourth-order valence-corrected chi connectivity index (χ4v) is 3.85. The van der Waals surface area contributed by atoms with Crippen molar-refractivity contribution in [1.29, 1.82) is 0 Å². The quantitative estimate of drug-likeness (QED) is 0.655. The van der Waals surface area contributed by atoms with Crippen LogP contribution >= 0.6 is 15.9 Å². The second-order valence-electron chi connectivity index (χ2n) is 6.67. The van der Waals surface area contributed by atoms with Crippen LogP contribution in [0.2, 0.25) is 0 Å². The highest BCUT2D eigenvalue weighted by atomic mass is 79.9. The Balaban J connectivity index is 1.48. The van der Waals surface area contributed by atoms with Gasteiger partial charge in [-0.25, -0.2) is 0 Å². The molecule has 0 radical (unpaired) electrons. The van der Waals surface area contributed by atoms with E-state index in [1.165, 1.54) is 11.3 Å². The molecular weight excluding hydrogens is 392 g/mol. The number of rotatable bonds is 4. The number of pyridine rings is 2. The largest absolute Gasteiger partial charge is 0.368 e. The van der Waals surface area contributed by atoms with Crippen LogP contribution in [0.3, 0.4) is 0 Å². The molecular formula is C19H23BrN6. The molecule has 0 atom stereocenters. The normalized spacial score (nSPS) is 16.2. The van der Waals surface area contributed by atoms with E-state index in [-0.39, 0.29) is 0 Å². The summed E-state index contributed by atoms with van der Waals surface area (Å²) in [5.41, 5.74) is 4.39. The molecule has 1 aliphatic rings. The average molecular weight is 415 g/mol. The molecule has 6 nitrogen and oxygen atoms in total. The molecule has 1 saturated heterocycles. The molecule has 0 bridgehead atoms. The maximum Gasteiger partial charge on any atom is 0.112 e. The van der Waals surface area contributed by atoms with Crippen molar-refractivity contribution in [3.8, 4) is 0 Å². The Morgan fingerprint density at radius 3 is 2.88 bits per heavy atom. The topological polar surface area (TPSA) is 50.1 Å². The zero-order valence-electron chi connectivity index (χ0n) is 15.0. The highest BCUT2D eigenvalue weighted by Crippen LogP contribution is 2.26. The van der Waals surface area contributed by atoms with E-state index in [9.17, 15) is 0 Å². The first-order valence-corrected chi connectivity index (χ1v) is 9.91. The summed E-state index contributed by atoms with van der Waals surface area (Å²) in [5.74, 6) is 0. The van der Waals surface area contributed by atoms with E-state index in [1.807, 2.05) is 29.3 Å². The molecule has 3 aromatic rings. The van der Waals surface area contributed by atoms with Crippen molar-refractivity contribution in [2.45, 2.75) is 26.4 Å². The molecule has 0 saturated carbocycles. The molecule has 136 valence electrons. The van der Waals surface area contributed by atoms with Gasteiger partial charge in [0.05, 0.1) is 17.4 Å². The first-order chi connectivity index (χ1) is 12.7. The lowest BCUT2D eigenvalue weighted by atomic mass is 10.2. The van der Waals surface area contributed by atoms with Gasteiger partial charge in [-0.1, -0.05) is 0 Å². The second-order valence-corrected chi connectivity index (χ2v) is 7.59. The van der Waals surface area contributed by atoms with E-state index in [0.29, 0.717) is 0 Å². The third kappa shape index (κ3) is 3.73. The van der Waals surface area contributed by atoms with Crippen LogP contribution in [0.4, 0.5) is 5.69 Å². The molecule has 0 spiro atoms. The summed E-state index contributed by atoms with van der Waals surface area (Å²) in [5, 5.41) is 4.39. The third-order valence-electron chi connectivity index (χ3n) is 4.87. The maximum absolute atomic E-state index is 4.61. The smallest absolute Gasteiger partial charge is 0.112 e. The Morgan fingerprint density at radius 1 is 1.12 bits per heavy atom. The Kier molecular flexibility index (Phi) is 5.17. The number of nitrogens with zero attached hydrogens (tertiary/aromatic N) is 6. The van der Waals surface area contributed by atoms with Crippen molar-refractivity contribution < 1.29 is 0 Å². The van der Waals surface area contributed by atoms with Gasteiger partial charge in [-0.05, 0) is 41.4 Å². The monoisotopic (exact) mass is 414 g/mol. The van der Waals surface area contributed by atoms with E-state index in [4.69, 9.17) is 0 Å². The van der Waals surface area contributed by atoms with Gasteiger partial charge in [-0.15, -0.1) is 0 Å². The van der Waals surface area contributed by atoms with Gasteiger partial charge in [-0.2, -0.15) is 5.10 Å². The van der Waals surface area contributed by atoms with Gasteiger partial charge in [0, 0.05) is 67.9 Å². The molecule has 4 heterocycles. The predicted molar refractivity (Wildman–Crippen MR) is 107 cm³/mol. The van der Waals surface area contributed by atoms with Gasteiger partial charge in [0.15, 0.2) is 0 Å². The minimum Gasteiger partial charge on any atom is -0.368 e. The number of aryl methyl sites for hydroxylation is 1. The fourth-order valence-electron chi connectivity index (χ4n) is 3.54. The maximum atomic E-state index is 4.61. The summed E-state index contributed by atoms with van der Waals surface area (Å²) < 4.78 is 2.95. The zero-order valence-corrected chi connectivity index (χ0v) is 16.6. The lowest BCUT2D eigenvalue weighted by Gasteiger charge is -2.24. The SMILES string of the molecule is CCn1cc(CN2CCCN(c3ccnc4cc(Br)cnc34)CC2)cn1. The molecule has 0 unspecified atom stereocenters. The van der Waals surface area contributed by atoms with Crippen LogP contribution in [0.15, 0.2) is 41.4 Å². The standard InChI is InChI=1S/C19H23BrN6/c1-2-26-14-15(11-23-26)13-24-6-3-7-25(9-8-24)18-4-5-21-17-10-16(20)12-22-19(17)18/h4-5,10-12,14H,2-3,6-9,13H2,1H3. The number of hydrogen-bond acceptors (Lipinski definition) is 5. The highest BCUT2D eigenvalue weighted by Gasteiger charge is 2.18. The summed E-state index contributed by atoms with van der Waals surface area (Å²) in [7, 11) is 0. The van der Waals surface area contributed by atoms with Gasteiger partial charge in [0.25, 0.3) is 0 Å². The lowest BCUT2D eigenvalue weighted by Crippen LogP contribution is -2.30. The zero-order chi connectivity index (χ0) is 17.9. The molecule has 1 fully saturated rings. The van der Waals surface area contributed by atoms with Crippen LogP contribution < -0.4 is 4.90 Å². The summed E-state index contributed by atoms with van der Waals surface area (Å²) in [6, 6.07) is 4.12. The molecule has 0 aromatic carbocycles. The van der Waals surface area contributed by atoms with Crippen molar-refractivity contribution in [2.24, 2.45) is 0 Å². The summed E-state index contributed by atoms with van der Waals surface area (Å²) in [6.07, 6.45) is 9.02. The van der Waals surface area contributed by atoms with E-state index in [2.05, 4.69) is 60.0 Å². The number of fused-ring (bicyclic) bond motifs is 1. The summed E-state index contributed by atoms with van der Waals surface area (Å²) in [4.78, 5) is 14.0. The molecule has 1 aliphatic heterocycles. The van der Waals surface area contributed by atoms with Crippen molar-refractivity contribution in [1.82, 2.24) is 24.6 Å². The first kappa shape index (κ1) is 17.4. The van der Waals surface area contributed by atoms with Crippen molar-refractivity contribution in [3.05, 3.63) is 47.0 Å². The Hall–Kier alpha value is -1.99. The van der Waals surface area contributed by atoms with Crippen LogP contribution in [0.25, 0.3) is 11.0 Å². The van der Waals surface area contributed by atoms with E-state index in [0.717, 1.165) is 61.2 Å². The van der Waals surface area contributed by atoms with Crippen LogP contribution in [-0.2, 0) is 13.1 Å². The summed E-state index contributed by atoms with van der Waals surface area (Å²) in [6.45, 7) is 8.20. The van der Waals surface area contributed by atoms with E-state index >= 15 is 0 Å². The number of halogens is 1. The minimum atomic E-state index is 0.923. The Bertz CT molecular complexity index is 893.